The quantitative estimate of drug-likeness (QED) is 0.856. The lowest BCUT2D eigenvalue weighted by molar-refractivity contribution is -0.131. The Hall–Kier alpha value is -2.62. The fourth-order valence-electron chi connectivity index (χ4n) is 2.23. The van der Waals surface area contributed by atoms with Crippen LogP contribution in [0.5, 0.6) is 0 Å². The minimum atomic E-state index is -0.938. The maximum Gasteiger partial charge on any atom is 0.328 e. The third-order valence-electron chi connectivity index (χ3n) is 3.22. The molecule has 1 heterocycles. The molecule has 4 heteroatoms. The molecule has 108 valence electrons. The van der Waals surface area contributed by atoms with Crippen molar-refractivity contribution in [3.63, 3.8) is 0 Å². The van der Waals surface area contributed by atoms with Crippen LogP contribution in [0.1, 0.15) is 16.7 Å². The van der Waals surface area contributed by atoms with Crippen LogP contribution in [0.2, 0.25) is 0 Å². The van der Waals surface area contributed by atoms with Gasteiger partial charge in [-0.05, 0) is 54.0 Å². The monoisotopic (exact) mass is 282 g/mol. The van der Waals surface area contributed by atoms with Crippen molar-refractivity contribution in [2.45, 2.75) is 13.5 Å². The Morgan fingerprint density at radius 1 is 1.29 bits per heavy atom. The molecule has 4 nitrogen and oxygen atoms in total. The number of rotatable bonds is 5. The zero-order valence-corrected chi connectivity index (χ0v) is 12.2. The minimum absolute atomic E-state index is 0.799. The normalized spacial score (nSPS) is 10.8. The van der Waals surface area contributed by atoms with Gasteiger partial charge in [-0.1, -0.05) is 6.07 Å². The summed E-state index contributed by atoms with van der Waals surface area (Å²) in [5.74, 6) is -0.938. The number of carbonyl (C=O) groups is 1. The van der Waals surface area contributed by atoms with Crippen molar-refractivity contribution in [3.8, 4) is 0 Å². The molecule has 0 radical (unpaired) electrons. The Morgan fingerprint density at radius 2 is 2.00 bits per heavy atom. The number of anilines is 1. The van der Waals surface area contributed by atoms with E-state index in [9.17, 15) is 4.79 Å². The van der Waals surface area contributed by atoms with Crippen LogP contribution >= 0.6 is 0 Å². The molecule has 0 saturated heterocycles. The summed E-state index contributed by atoms with van der Waals surface area (Å²) in [4.78, 5) is 16.7. The van der Waals surface area contributed by atoms with Gasteiger partial charge in [-0.2, -0.15) is 0 Å². The molecular formula is C17H18N2O2. The van der Waals surface area contributed by atoms with E-state index in [-0.39, 0.29) is 0 Å². The summed E-state index contributed by atoms with van der Waals surface area (Å²) in [5, 5.41) is 8.65. The molecule has 0 atom stereocenters. The number of hydrogen-bond donors (Lipinski definition) is 1. The molecule has 0 aliphatic heterocycles. The van der Waals surface area contributed by atoms with E-state index in [1.165, 1.54) is 5.56 Å². The van der Waals surface area contributed by atoms with Crippen LogP contribution in [0.4, 0.5) is 5.69 Å². The molecule has 0 amide bonds. The number of aliphatic carboxylic acids is 1. The fraction of sp³-hybridized carbons (Fsp3) is 0.176. The average molecular weight is 282 g/mol. The van der Waals surface area contributed by atoms with E-state index < -0.39 is 5.97 Å². The molecule has 1 N–H and O–H groups in total. The van der Waals surface area contributed by atoms with Gasteiger partial charge < -0.3 is 10.0 Å². The number of carboxylic acids is 1. The van der Waals surface area contributed by atoms with Crippen molar-refractivity contribution in [1.82, 2.24) is 4.98 Å². The van der Waals surface area contributed by atoms with Crippen molar-refractivity contribution in [3.05, 3.63) is 65.5 Å². The van der Waals surface area contributed by atoms with Crippen LogP contribution in [0.3, 0.4) is 0 Å². The lowest BCUT2D eigenvalue weighted by Crippen LogP contribution is -2.17. The first-order chi connectivity index (χ1) is 10.1. The zero-order valence-electron chi connectivity index (χ0n) is 12.2. The van der Waals surface area contributed by atoms with Crippen LogP contribution in [-0.4, -0.2) is 23.1 Å². The first-order valence-corrected chi connectivity index (χ1v) is 6.68. The van der Waals surface area contributed by atoms with Gasteiger partial charge in [-0.3, -0.25) is 4.98 Å². The lowest BCUT2D eigenvalue weighted by atomic mass is 10.1. The smallest absolute Gasteiger partial charge is 0.328 e. The molecule has 0 aliphatic rings. The second-order valence-corrected chi connectivity index (χ2v) is 4.93. The Morgan fingerprint density at radius 3 is 2.62 bits per heavy atom. The van der Waals surface area contributed by atoms with E-state index in [1.807, 2.05) is 44.3 Å². The molecule has 21 heavy (non-hydrogen) atoms. The maximum atomic E-state index is 10.5. The average Bonchev–Trinajstić information content (AvgIpc) is 2.46. The highest BCUT2D eigenvalue weighted by Crippen LogP contribution is 2.22. The highest BCUT2D eigenvalue weighted by atomic mass is 16.4. The predicted molar refractivity (Wildman–Crippen MR) is 84.2 cm³/mol. The number of benzene rings is 1. The fourth-order valence-corrected chi connectivity index (χ4v) is 2.23. The summed E-state index contributed by atoms with van der Waals surface area (Å²) >= 11 is 0. The molecule has 0 unspecified atom stereocenters. The second-order valence-electron chi connectivity index (χ2n) is 4.93. The van der Waals surface area contributed by atoms with Crippen LogP contribution in [-0.2, 0) is 11.3 Å². The van der Waals surface area contributed by atoms with E-state index in [0.29, 0.717) is 0 Å². The number of carboxylic acid groups (broad SMARTS) is 1. The van der Waals surface area contributed by atoms with Crippen LogP contribution in [0.25, 0.3) is 6.08 Å². The molecule has 2 rings (SSSR count). The van der Waals surface area contributed by atoms with E-state index >= 15 is 0 Å². The maximum absolute atomic E-state index is 10.5. The molecule has 2 aromatic rings. The Bertz CT molecular complexity index is 651. The summed E-state index contributed by atoms with van der Waals surface area (Å²) in [5.41, 5.74) is 4.32. The number of aromatic nitrogens is 1. The van der Waals surface area contributed by atoms with Gasteiger partial charge in [-0.15, -0.1) is 0 Å². The van der Waals surface area contributed by atoms with Gasteiger partial charge in [0, 0.05) is 37.7 Å². The summed E-state index contributed by atoms with van der Waals surface area (Å²) in [7, 11) is 2.04. The third-order valence-corrected chi connectivity index (χ3v) is 3.22. The molecule has 1 aromatic carbocycles. The van der Waals surface area contributed by atoms with Gasteiger partial charge in [-0.25, -0.2) is 4.79 Å². The lowest BCUT2D eigenvalue weighted by Gasteiger charge is -2.21. The van der Waals surface area contributed by atoms with E-state index in [0.717, 1.165) is 29.4 Å². The van der Waals surface area contributed by atoms with Crippen molar-refractivity contribution in [2.75, 3.05) is 11.9 Å². The Kier molecular flexibility index (Phi) is 4.72. The molecule has 0 spiro atoms. The number of aryl methyl sites for hydroxylation is 1. The van der Waals surface area contributed by atoms with Gasteiger partial charge in [0.15, 0.2) is 0 Å². The molecule has 0 saturated carbocycles. The molecular weight excluding hydrogens is 264 g/mol. The van der Waals surface area contributed by atoms with Gasteiger partial charge in [0.2, 0.25) is 0 Å². The van der Waals surface area contributed by atoms with Gasteiger partial charge in [0.25, 0.3) is 0 Å². The predicted octanol–water partition coefficient (Wildman–Crippen LogP) is 3.12. The highest BCUT2D eigenvalue weighted by molar-refractivity contribution is 5.85. The van der Waals surface area contributed by atoms with Crippen molar-refractivity contribution in [2.24, 2.45) is 0 Å². The number of nitrogens with zero attached hydrogens (tertiary/aromatic N) is 2. The SMILES string of the molecule is Cc1cc(C=CC(=O)O)ccc1N(C)Cc1ccncc1. The Labute approximate surface area is 124 Å². The minimum Gasteiger partial charge on any atom is -0.478 e. The number of pyridine rings is 1. The third kappa shape index (κ3) is 4.18. The summed E-state index contributed by atoms with van der Waals surface area (Å²) in [6, 6.07) is 9.91. The largest absolute Gasteiger partial charge is 0.478 e. The standard InChI is InChI=1S/C17H18N2O2/c1-13-11-14(4-6-17(20)21)3-5-16(13)19(2)12-15-7-9-18-10-8-15/h3-11H,12H2,1-2H3,(H,20,21). The van der Waals surface area contributed by atoms with Gasteiger partial charge >= 0.3 is 5.97 Å². The zero-order chi connectivity index (χ0) is 15.2. The summed E-state index contributed by atoms with van der Waals surface area (Å²) in [6.07, 6.45) is 6.32. The van der Waals surface area contributed by atoms with Crippen molar-refractivity contribution in [1.29, 1.82) is 0 Å². The van der Waals surface area contributed by atoms with Crippen LogP contribution in [0, 0.1) is 6.92 Å². The molecule has 0 fully saturated rings. The molecule has 1 aromatic heterocycles. The summed E-state index contributed by atoms with van der Waals surface area (Å²) in [6.45, 7) is 2.82. The first-order valence-electron chi connectivity index (χ1n) is 6.68. The van der Waals surface area contributed by atoms with Crippen molar-refractivity contribution >= 4 is 17.7 Å². The number of hydrogen-bond acceptors (Lipinski definition) is 3. The van der Waals surface area contributed by atoms with E-state index in [1.54, 1.807) is 18.5 Å². The van der Waals surface area contributed by atoms with Gasteiger partial charge in [0.1, 0.15) is 0 Å². The Balaban J connectivity index is 2.15. The second kappa shape index (κ2) is 6.70. The van der Waals surface area contributed by atoms with Gasteiger partial charge in [0.05, 0.1) is 0 Å². The molecule has 0 bridgehead atoms. The van der Waals surface area contributed by atoms with Crippen LogP contribution in [0.15, 0.2) is 48.8 Å². The van der Waals surface area contributed by atoms with Crippen LogP contribution < -0.4 is 4.90 Å². The molecule has 0 aliphatic carbocycles. The first kappa shape index (κ1) is 14.8. The van der Waals surface area contributed by atoms with E-state index in [4.69, 9.17) is 5.11 Å². The highest BCUT2D eigenvalue weighted by Gasteiger charge is 2.05. The van der Waals surface area contributed by atoms with Crippen molar-refractivity contribution < 1.29 is 9.90 Å². The summed E-state index contributed by atoms with van der Waals surface area (Å²) < 4.78 is 0. The van der Waals surface area contributed by atoms with E-state index in [2.05, 4.69) is 9.88 Å². The topological polar surface area (TPSA) is 53.4 Å².